The fourth-order valence-electron chi connectivity index (χ4n) is 3.24. The van der Waals surface area contributed by atoms with Crippen LogP contribution >= 0.6 is 0 Å². The van der Waals surface area contributed by atoms with Crippen LogP contribution in [0.2, 0.25) is 0 Å². The molecule has 1 heteroatoms. The minimum atomic E-state index is -0.369. The van der Waals surface area contributed by atoms with Crippen molar-refractivity contribution in [2.45, 2.75) is 78.2 Å². The summed E-state index contributed by atoms with van der Waals surface area (Å²) in [6.07, 6.45) is 8.12. The molecule has 0 radical (unpaired) electrons. The van der Waals surface area contributed by atoms with Crippen molar-refractivity contribution in [3.8, 4) is 0 Å². The summed E-state index contributed by atoms with van der Waals surface area (Å²) in [4.78, 5) is 0. The highest BCUT2D eigenvalue weighted by Crippen LogP contribution is 2.46. The minimum Gasteiger partial charge on any atom is -0.390 e. The Morgan fingerprint density at radius 1 is 1.27 bits per heavy atom. The summed E-state index contributed by atoms with van der Waals surface area (Å²) >= 11 is 0. The second kappa shape index (κ2) is 4.86. The molecule has 0 heterocycles. The molecule has 1 aliphatic carbocycles. The molecule has 2 atom stereocenters. The van der Waals surface area contributed by atoms with Crippen molar-refractivity contribution in [2.24, 2.45) is 11.3 Å². The standard InChI is InChI=1S/C14H28O/c1-5-6-10-14(15)11-8-7-9-12(14)13(2,3)4/h12,15H,5-11H2,1-4H3. The monoisotopic (exact) mass is 212 g/mol. The van der Waals surface area contributed by atoms with Crippen molar-refractivity contribution in [1.82, 2.24) is 0 Å². The van der Waals surface area contributed by atoms with Crippen LogP contribution in [0.3, 0.4) is 0 Å². The van der Waals surface area contributed by atoms with Gasteiger partial charge in [0, 0.05) is 0 Å². The third-order valence-electron chi connectivity index (χ3n) is 4.01. The molecule has 0 aromatic carbocycles. The lowest BCUT2D eigenvalue weighted by molar-refractivity contribution is -0.0959. The van der Waals surface area contributed by atoms with E-state index in [0.717, 1.165) is 12.8 Å². The number of unbranched alkanes of at least 4 members (excludes halogenated alkanes) is 1. The quantitative estimate of drug-likeness (QED) is 0.745. The SMILES string of the molecule is CCCCC1(O)CCCCC1C(C)(C)C. The van der Waals surface area contributed by atoms with Crippen LogP contribution in [0.1, 0.15) is 72.6 Å². The Kier molecular flexibility index (Phi) is 4.22. The van der Waals surface area contributed by atoms with Crippen molar-refractivity contribution in [1.29, 1.82) is 0 Å². The summed E-state index contributed by atoms with van der Waals surface area (Å²) in [5, 5.41) is 10.8. The molecule has 0 aliphatic heterocycles. The summed E-state index contributed by atoms with van der Waals surface area (Å²) in [5.74, 6) is 0.491. The molecule has 0 spiro atoms. The van der Waals surface area contributed by atoms with Crippen LogP contribution in [0.15, 0.2) is 0 Å². The van der Waals surface area contributed by atoms with Gasteiger partial charge in [0.2, 0.25) is 0 Å². The predicted molar refractivity (Wildman–Crippen MR) is 65.9 cm³/mol. The van der Waals surface area contributed by atoms with Gasteiger partial charge in [-0.25, -0.2) is 0 Å². The molecule has 0 aromatic rings. The van der Waals surface area contributed by atoms with Gasteiger partial charge in [0.15, 0.2) is 0 Å². The molecule has 1 aliphatic rings. The molecular formula is C14H28O. The predicted octanol–water partition coefficient (Wildman–Crippen LogP) is 4.14. The first-order valence-corrected chi connectivity index (χ1v) is 6.62. The Morgan fingerprint density at radius 3 is 2.47 bits per heavy atom. The Bertz CT molecular complexity index is 192. The molecule has 0 aromatic heterocycles. The first-order valence-electron chi connectivity index (χ1n) is 6.62. The van der Waals surface area contributed by atoms with Crippen molar-refractivity contribution in [3.05, 3.63) is 0 Å². The maximum Gasteiger partial charge on any atom is 0.0680 e. The largest absolute Gasteiger partial charge is 0.390 e. The van der Waals surface area contributed by atoms with Gasteiger partial charge in [-0.1, -0.05) is 53.4 Å². The highest BCUT2D eigenvalue weighted by molar-refractivity contribution is 4.95. The number of hydrogen-bond acceptors (Lipinski definition) is 1. The normalized spacial score (nSPS) is 33.0. The zero-order valence-electron chi connectivity index (χ0n) is 11.0. The number of hydrogen-bond donors (Lipinski definition) is 1. The maximum absolute atomic E-state index is 10.8. The second-order valence-corrected chi connectivity index (χ2v) is 6.37. The zero-order chi connectivity index (χ0) is 11.5. The Morgan fingerprint density at radius 2 is 1.93 bits per heavy atom. The van der Waals surface area contributed by atoms with E-state index >= 15 is 0 Å². The molecule has 1 rings (SSSR count). The van der Waals surface area contributed by atoms with E-state index in [-0.39, 0.29) is 11.0 Å². The Hall–Kier alpha value is -0.0400. The van der Waals surface area contributed by atoms with Gasteiger partial charge >= 0.3 is 0 Å². The Labute approximate surface area is 95.3 Å². The fourth-order valence-corrected chi connectivity index (χ4v) is 3.24. The summed E-state index contributed by atoms with van der Waals surface area (Å²) in [5.41, 5.74) is -0.116. The molecule has 0 amide bonds. The lowest BCUT2D eigenvalue weighted by Gasteiger charge is -2.47. The lowest BCUT2D eigenvalue weighted by Crippen LogP contribution is -2.46. The van der Waals surface area contributed by atoms with Crippen molar-refractivity contribution < 1.29 is 5.11 Å². The van der Waals surface area contributed by atoms with Crippen LogP contribution in [0.25, 0.3) is 0 Å². The fraction of sp³-hybridized carbons (Fsp3) is 1.00. The number of aliphatic hydroxyl groups is 1. The van der Waals surface area contributed by atoms with Gasteiger partial charge in [0.25, 0.3) is 0 Å². The molecule has 1 N–H and O–H groups in total. The molecule has 15 heavy (non-hydrogen) atoms. The van der Waals surface area contributed by atoms with E-state index in [2.05, 4.69) is 27.7 Å². The molecule has 1 fully saturated rings. The average Bonchev–Trinajstić information content (AvgIpc) is 2.14. The van der Waals surface area contributed by atoms with Crippen LogP contribution in [-0.4, -0.2) is 10.7 Å². The molecule has 1 nitrogen and oxygen atoms in total. The van der Waals surface area contributed by atoms with E-state index in [1.54, 1.807) is 0 Å². The van der Waals surface area contributed by atoms with E-state index in [0.29, 0.717) is 5.92 Å². The van der Waals surface area contributed by atoms with Crippen LogP contribution < -0.4 is 0 Å². The van der Waals surface area contributed by atoms with E-state index < -0.39 is 0 Å². The van der Waals surface area contributed by atoms with Crippen LogP contribution in [-0.2, 0) is 0 Å². The van der Waals surface area contributed by atoms with Crippen LogP contribution in [0.5, 0.6) is 0 Å². The summed E-state index contributed by atoms with van der Waals surface area (Å²) in [7, 11) is 0. The molecule has 1 saturated carbocycles. The van der Waals surface area contributed by atoms with Crippen molar-refractivity contribution in [2.75, 3.05) is 0 Å². The highest BCUT2D eigenvalue weighted by Gasteiger charge is 2.43. The topological polar surface area (TPSA) is 20.2 Å². The van der Waals surface area contributed by atoms with Crippen LogP contribution in [0, 0.1) is 11.3 Å². The van der Waals surface area contributed by atoms with E-state index in [9.17, 15) is 5.11 Å². The van der Waals surface area contributed by atoms with Gasteiger partial charge in [0.05, 0.1) is 5.60 Å². The van der Waals surface area contributed by atoms with Gasteiger partial charge in [-0.2, -0.15) is 0 Å². The van der Waals surface area contributed by atoms with Crippen LogP contribution in [0.4, 0.5) is 0 Å². The van der Waals surface area contributed by atoms with Crippen molar-refractivity contribution >= 4 is 0 Å². The number of rotatable bonds is 3. The van der Waals surface area contributed by atoms with Gasteiger partial charge in [-0.15, -0.1) is 0 Å². The summed E-state index contributed by atoms with van der Waals surface area (Å²) in [6.45, 7) is 9.04. The van der Waals surface area contributed by atoms with Gasteiger partial charge in [-0.05, 0) is 30.6 Å². The smallest absolute Gasteiger partial charge is 0.0680 e. The summed E-state index contributed by atoms with van der Waals surface area (Å²) < 4.78 is 0. The lowest BCUT2D eigenvalue weighted by atomic mass is 9.62. The molecular weight excluding hydrogens is 184 g/mol. The minimum absolute atomic E-state index is 0.253. The third kappa shape index (κ3) is 3.21. The average molecular weight is 212 g/mol. The van der Waals surface area contributed by atoms with E-state index in [4.69, 9.17) is 0 Å². The van der Waals surface area contributed by atoms with Gasteiger partial charge in [0.1, 0.15) is 0 Å². The summed E-state index contributed by atoms with van der Waals surface area (Å²) in [6, 6.07) is 0. The van der Waals surface area contributed by atoms with Gasteiger partial charge in [-0.3, -0.25) is 0 Å². The molecule has 0 bridgehead atoms. The van der Waals surface area contributed by atoms with E-state index in [1.807, 2.05) is 0 Å². The molecule has 2 unspecified atom stereocenters. The van der Waals surface area contributed by atoms with Crippen molar-refractivity contribution in [3.63, 3.8) is 0 Å². The second-order valence-electron chi connectivity index (χ2n) is 6.37. The van der Waals surface area contributed by atoms with E-state index in [1.165, 1.54) is 32.1 Å². The Balaban J connectivity index is 2.72. The maximum atomic E-state index is 10.8. The third-order valence-corrected chi connectivity index (χ3v) is 4.01. The first-order chi connectivity index (χ1) is 6.90. The highest BCUT2D eigenvalue weighted by atomic mass is 16.3. The zero-order valence-corrected chi connectivity index (χ0v) is 11.0. The first kappa shape index (κ1) is 13.0. The molecule has 0 saturated heterocycles. The molecule has 90 valence electrons. The van der Waals surface area contributed by atoms with Gasteiger partial charge < -0.3 is 5.11 Å².